The fourth-order valence-corrected chi connectivity index (χ4v) is 1.92. The highest BCUT2D eigenvalue weighted by Gasteiger charge is 2.32. The van der Waals surface area contributed by atoms with Crippen molar-refractivity contribution in [2.24, 2.45) is 11.7 Å². The van der Waals surface area contributed by atoms with Crippen LogP contribution in [0.5, 0.6) is 0 Å². The molecule has 1 aromatic carbocycles. The van der Waals surface area contributed by atoms with Crippen molar-refractivity contribution in [3.8, 4) is 0 Å². The third-order valence-electron chi connectivity index (χ3n) is 3.33. The van der Waals surface area contributed by atoms with E-state index in [1.54, 1.807) is 0 Å². The van der Waals surface area contributed by atoms with E-state index in [0.29, 0.717) is 5.56 Å². The molecule has 3 N–H and O–H groups in total. The van der Waals surface area contributed by atoms with E-state index in [4.69, 9.17) is 5.73 Å². The zero-order chi connectivity index (χ0) is 15.6. The van der Waals surface area contributed by atoms with Crippen LogP contribution in [0.15, 0.2) is 24.3 Å². The van der Waals surface area contributed by atoms with Crippen LogP contribution >= 0.6 is 0 Å². The van der Waals surface area contributed by atoms with Crippen LogP contribution in [0.1, 0.15) is 24.0 Å². The van der Waals surface area contributed by atoms with Gasteiger partial charge >= 0.3 is 6.18 Å². The Morgan fingerprint density at radius 2 is 1.81 bits per heavy atom. The standard InChI is InChI=1S/C14H15F3N2O2/c15-14(16,17)10-5-1-8(2-6-10)7-11(12(18)20)19-13(21)9-3-4-9/h1-2,5-6,9,11H,3-4,7H2,(H2,18,20)(H,19,21)/t11-/m1/s1. The molecule has 1 saturated carbocycles. The van der Waals surface area contributed by atoms with Gasteiger partial charge in [-0.3, -0.25) is 9.59 Å². The van der Waals surface area contributed by atoms with Gasteiger partial charge < -0.3 is 11.1 Å². The van der Waals surface area contributed by atoms with Gasteiger partial charge in [-0.05, 0) is 30.5 Å². The summed E-state index contributed by atoms with van der Waals surface area (Å²) in [5.41, 5.74) is 4.96. The zero-order valence-corrected chi connectivity index (χ0v) is 11.1. The van der Waals surface area contributed by atoms with E-state index in [9.17, 15) is 22.8 Å². The number of nitrogens with one attached hydrogen (secondary N) is 1. The number of hydrogen-bond donors (Lipinski definition) is 2. The molecule has 0 spiro atoms. The van der Waals surface area contributed by atoms with Crippen molar-refractivity contribution in [1.29, 1.82) is 0 Å². The molecule has 1 fully saturated rings. The minimum Gasteiger partial charge on any atom is -0.368 e. The lowest BCUT2D eigenvalue weighted by Crippen LogP contribution is -2.46. The van der Waals surface area contributed by atoms with Crippen molar-refractivity contribution >= 4 is 11.8 Å². The van der Waals surface area contributed by atoms with Crippen LogP contribution in [0.4, 0.5) is 13.2 Å². The van der Waals surface area contributed by atoms with E-state index in [0.717, 1.165) is 25.0 Å². The van der Waals surface area contributed by atoms with Gasteiger partial charge in [-0.15, -0.1) is 0 Å². The van der Waals surface area contributed by atoms with Crippen LogP contribution in [0.2, 0.25) is 0 Å². The Labute approximate surface area is 119 Å². The third-order valence-corrected chi connectivity index (χ3v) is 3.33. The van der Waals surface area contributed by atoms with Gasteiger partial charge in [0, 0.05) is 12.3 Å². The number of halogens is 3. The molecule has 0 radical (unpaired) electrons. The maximum Gasteiger partial charge on any atom is 0.416 e. The molecule has 1 atom stereocenters. The molecule has 0 saturated heterocycles. The van der Waals surface area contributed by atoms with Crippen molar-refractivity contribution in [1.82, 2.24) is 5.32 Å². The van der Waals surface area contributed by atoms with E-state index in [1.165, 1.54) is 12.1 Å². The van der Waals surface area contributed by atoms with E-state index in [2.05, 4.69) is 5.32 Å². The number of hydrogen-bond acceptors (Lipinski definition) is 2. The minimum atomic E-state index is -4.40. The average Bonchev–Trinajstić information content (AvgIpc) is 3.21. The Balaban J connectivity index is 2.02. The van der Waals surface area contributed by atoms with Crippen molar-refractivity contribution in [3.05, 3.63) is 35.4 Å². The van der Waals surface area contributed by atoms with Gasteiger partial charge in [0.05, 0.1) is 5.56 Å². The predicted octanol–water partition coefficient (Wildman–Crippen LogP) is 1.63. The average molecular weight is 300 g/mol. The molecule has 1 aromatic rings. The zero-order valence-electron chi connectivity index (χ0n) is 11.1. The summed E-state index contributed by atoms with van der Waals surface area (Å²) in [4.78, 5) is 23.0. The Morgan fingerprint density at radius 1 is 1.24 bits per heavy atom. The first kappa shape index (κ1) is 15.3. The monoisotopic (exact) mass is 300 g/mol. The fraction of sp³-hybridized carbons (Fsp3) is 0.429. The summed E-state index contributed by atoms with van der Waals surface area (Å²) >= 11 is 0. The largest absolute Gasteiger partial charge is 0.416 e. The SMILES string of the molecule is NC(=O)[C@@H](Cc1ccc(C(F)(F)F)cc1)NC(=O)C1CC1. The summed E-state index contributed by atoms with van der Waals surface area (Å²) < 4.78 is 37.3. The molecule has 4 nitrogen and oxygen atoms in total. The number of amides is 2. The molecular formula is C14H15F3N2O2. The van der Waals surface area contributed by atoms with Crippen molar-refractivity contribution < 1.29 is 22.8 Å². The van der Waals surface area contributed by atoms with Crippen LogP contribution in [-0.4, -0.2) is 17.9 Å². The second-order valence-electron chi connectivity index (χ2n) is 5.14. The molecule has 0 aromatic heterocycles. The second-order valence-corrected chi connectivity index (χ2v) is 5.14. The fourth-order valence-electron chi connectivity index (χ4n) is 1.92. The molecule has 7 heteroatoms. The summed E-state index contributed by atoms with van der Waals surface area (Å²) in [7, 11) is 0. The normalized spacial score (nSPS) is 16.3. The number of primary amides is 1. The van der Waals surface area contributed by atoms with Gasteiger partial charge in [0.2, 0.25) is 11.8 Å². The highest BCUT2D eigenvalue weighted by Crippen LogP contribution is 2.30. The number of carbonyl (C=O) groups is 2. The van der Waals surface area contributed by atoms with Crippen LogP contribution < -0.4 is 11.1 Å². The molecular weight excluding hydrogens is 285 g/mol. The van der Waals surface area contributed by atoms with Crippen LogP contribution in [-0.2, 0) is 22.2 Å². The summed E-state index contributed by atoms with van der Waals surface area (Å²) in [5.74, 6) is -1.01. The number of alkyl halides is 3. The van der Waals surface area contributed by atoms with Crippen molar-refractivity contribution in [3.63, 3.8) is 0 Å². The van der Waals surface area contributed by atoms with E-state index in [1.807, 2.05) is 0 Å². The smallest absolute Gasteiger partial charge is 0.368 e. The molecule has 1 aliphatic rings. The van der Waals surface area contributed by atoms with Crippen LogP contribution in [0.3, 0.4) is 0 Å². The maximum atomic E-state index is 12.4. The first-order valence-corrected chi connectivity index (χ1v) is 6.53. The van der Waals surface area contributed by atoms with Crippen LogP contribution in [0.25, 0.3) is 0 Å². The Bertz CT molecular complexity index is 536. The van der Waals surface area contributed by atoms with Crippen molar-refractivity contribution in [2.75, 3.05) is 0 Å². The van der Waals surface area contributed by atoms with Gasteiger partial charge in [-0.25, -0.2) is 0 Å². The van der Waals surface area contributed by atoms with Gasteiger partial charge in [0.25, 0.3) is 0 Å². The Hall–Kier alpha value is -2.05. The lowest BCUT2D eigenvalue weighted by molar-refractivity contribution is -0.137. The molecule has 1 aliphatic carbocycles. The molecule has 0 bridgehead atoms. The van der Waals surface area contributed by atoms with Gasteiger partial charge in [-0.2, -0.15) is 13.2 Å². The summed E-state index contributed by atoms with van der Waals surface area (Å²) in [6.45, 7) is 0. The minimum absolute atomic E-state index is 0.0699. The Kier molecular flexibility index (Phi) is 4.20. The first-order valence-electron chi connectivity index (χ1n) is 6.53. The first-order chi connectivity index (χ1) is 9.77. The van der Waals surface area contributed by atoms with E-state index < -0.39 is 23.7 Å². The number of benzene rings is 1. The second kappa shape index (κ2) is 5.75. The molecule has 2 amide bonds. The van der Waals surface area contributed by atoms with Crippen molar-refractivity contribution in [2.45, 2.75) is 31.5 Å². The maximum absolute atomic E-state index is 12.4. The van der Waals surface area contributed by atoms with E-state index >= 15 is 0 Å². The summed E-state index contributed by atoms with van der Waals surface area (Å²) in [6.07, 6.45) is -2.75. The van der Waals surface area contributed by atoms with Gasteiger partial charge in [0.15, 0.2) is 0 Å². The molecule has 0 heterocycles. The van der Waals surface area contributed by atoms with Crippen LogP contribution in [0, 0.1) is 5.92 Å². The highest BCUT2D eigenvalue weighted by atomic mass is 19.4. The summed E-state index contributed by atoms with van der Waals surface area (Å²) in [6, 6.07) is 3.53. The molecule has 21 heavy (non-hydrogen) atoms. The highest BCUT2D eigenvalue weighted by molar-refractivity contribution is 5.88. The number of rotatable bonds is 5. The molecule has 0 aliphatic heterocycles. The lowest BCUT2D eigenvalue weighted by Gasteiger charge is -2.16. The Morgan fingerprint density at radius 3 is 2.24 bits per heavy atom. The topological polar surface area (TPSA) is 72.2 Å². The molecule has 114 valence electrons. The molecule has 0 unspecified atom stereocenters. The van der Waals surface area contributed by atoms with Gasteiger partial charge in [0.1, 0.15) is 6.04 Å². The predicted molar refractivity (Wildman–Crippen MR) is 69.0 cm³/mol. The summed E-state index contributed by atoms with van der Waals surface area (Å²) in [5, 5.41) is 2.54. The number of nitrogens with two attached hydrogens (primary N) is 1. The molecule has 2 rings (SSSR count). The quantitative estimate of drug-likeness (QED) is 0.867. The third kappa shape index (κ3) is 4.21. The lowest BCUT2D eigenvalue weighted by atomic mass is 10.0. The van der Waals surface area contributed by atoms with Gasteiger partial charge in [-0.1, -0.05) is 12.1 Å². The van der Waals surface area contributed by atoms with E-state index in [-0.39, 0.29) is 18.2 Å². The number of carbonyl (C=O) groups excluding carboxylic acids is 2.